The molecule has 0 saturated carbocycles. The van der Waals surface area contributed by atoms with Crippen molar-refractivity contribution in [2.24, 2.45) is 5.92 Å². The molecule has 0 aliphatic carbocycles. The molecule has 5 nitrogen and oxygen atoms in total. The normalized spacial score (nSPS) is 10.4. The van der Waals surface area contributed by atoms with E-state index in [1.807, 2.05) is 0 Å². The lowest BCUT2D eigenvalue weighted by Gasteiger charge is -2.14. The van der Waals surface area contributed by atoms with Crippen LogP contribution in [0.1, 0.15) is 26.7 Å². The molecule has 0 atom stereocenters. The van der Waals surface area contributed by atoms with Gasteiger partial charge in [-0.3, -0.25) is 10.1 Å². The maximum atomic E-state index is 10.8. The molecule has 0 heterocycles. The van der Waals surface area contributed by atoms with E-state index in [2.05, 4.69) is 19.2 Å². The largest absolute Gasteiger partial charge is 0.490 e. The Hall–Kier alpha value is -1.78. The van der Waals surface area contributed by atoms with E-state index in [0.717, 1.165) is 25.1 Å². The third-order valence-corrected chi connectivity index (χ3v) is 3.13. The summed E-state index contributed by atoms with van der Waals surface area (Å²) in [5.74, 6) is 0.903. The van der Waals surface area contributed by atoms with Gasteiger partial charge in [0.15, 0.2) is 5.75 Å². The summed E-state index contributed by atoms with van der Waals surface area (Å²) in [6.45, 7) is 5.19. The van der Waals surface area contributed by atoms with Crippen LogP contribution in [-0.2, 0) is 0 Å². The first-order chi connectivity index (χ1) is 8.62. The van der Waals surface area contributed by atoms with Crippen LogP contribution in [0.5, 0.6) is 5.75 Å². The number of nitro groups is 1. The van der Waals surface area contributed by atoms with Gasteiger partial charge in [-0.15, -0.1) is 0 Å². The minimum Gasteiger partial charge on any atom is -0.490 e. The molecule has 100 valence electrons. The molecular weight excluding hydrogens is 232 g/mol. The Morgan fingerprint density at radius 3 is 2.56 bits per heavy atom. The van der Waals surface area contributed by atoms with E-state index in [1.54, 1.807) is 12.1 Å². The molecule has 0 aliphatic rings. The first-order valence-corrected chi connectivity index (χ1v) is 6.18. The van der Waals surface area contributed by atoms with Crippen LogP contribution in [0.2, 0.25) is 0 Å². The average molecular weight is 252 g/mol. The lowest BCUT2D eigenvalue weighted by molar-refractivity contribution is -0.385. The molecule has 0 unspecified atom stereocenters. The fourth-order valence-electron chi connectivity index (χ4n) is 1.78. The van der Waals surface area contributed by atoms with Crippen LogP contribution < -0.4 is 10.1 Å². The molecule has 18 heavy (non-hydrogen) atoms. The van der Waals surface area contributed by atoms with E-state index >= 15 is 0 Å². The third kappa shape index (κ3) is 3.61. The maximum absolute atomic E-state index is 10.8. The smallest absolute Gasteiger partial charge is 0.311 e. The highest BCUT2D eigenvalue weighted by Crippen LogP contribution is 2.29. The number of nitro benzene ring substituents is 1. The van der Waals surface area contributed by atoms with Gasteiger partial charge >= 0.3 is 5.69 Å². The monoisotopic (exact) mass is 252 g/mol. The van der Waals surface area contributed by atoms with Crippen molar-refractivity contribution in [2.45, 2.75) is 26.7 Å². The summed E-state index contributed by atoms with van der Waals surface area (Å²) in [7, 11) is 1.44. The average Bonchev–Trinajstić information content (AvgIpc) is 2.39. The van der Waals surface area contributed by atoms with Gasteiger partial charge in [-0.05, 0) is 12.0 Å². The molecule has 0 spiro atoms. The van der Waals surface area contributed by atoms with Crippen LogP contribution in [0, 0.1) is 16.0 Å². The van der Waals surface area contributed by atoms with Crippen molar-refractivity contribution in [1.82, 2.24) is 0 Å². The Morgan fingerprint density at radius 1 is 1.39 bits per heavy atom. The molecule has 0 radical (unpaired) electrons. The molecule has 1 N–H and O–H groups in total. The number of hydrogen-bond donors (Lipinski definition) is 1. The quantitative estimate of drug-likeness (QED) is 0.596. The summed E-state index contributed by atoms with van der Waals surface area (Å²) in [6, 6.07) is 4.84. The van der Waals surface area contributed by atoms with E-state index in [9.17, 15) is 10.1 Å². The first kappa shape index (κ1) is 14.3. The summed E-state index contributed by atoms with van der Waals surface area (Å²) in [5, 5.41) is 14.0. The van der Waals surface area contributed by atoms with Gasteiger partial charge in [0.05, 0.1) is 12.0 Å². The summed E-state index contributed by atoms with van der Waals surface area (Å²) >= 11 is 0. The van der Waals surface area contributed by atoms with Gasteiger partial charge in [-0.25, -0.2) is 0 Å². The van der Waals surface area contributed by atoms with E-state index in [-0.39, 0.29) is 11.4 Å². The van der Waals surface area contributed by atoms with Crippen LogP contribution >= 0.6 is 0 Å². The predicted molar refractivity (Wildman–Crippen MR) is 72.2 cm³/mol. The summed E-state index contributed by atoms with van der Waals surface area (Å²) in [4.78, 5) is 10.3. The van der Waals surface area contributed by atoms with E-state index in [1.165, 1.54) is 13.2 Å². The number of rotatable bonds is 7. The second-order valence-corrected chi connectivity index (χ2v) is 4.21. The second kappa shape index (κ2) is 6.83. The van der Waals surface area contributed by atoms with Gasteiger partial charge in [-0.2, -0.15) is 0 Å². The number of methoxy groups -OCH3 is 1. The van der Waals surface area contributed by atoms with Gasteiger partial charge in [0.1, 0.15) is 0 Å². The Kier molecular flexibility index (Phi) is 5.42. The standard InChI is InChI=1S/C13H20N2O3/c1-4-10(5-2)9-14-11-6-7-12(15(16)17)13(8-11)18-3/h6-8,10,14H,4-5,9H2,1-3H3. The van der Waals surface area contributed by atoms with Crippen molar-refractivity contribution in [3.8, 4) is 5.75 Å². The molecule has 0 bridgehead atoms. The fraction of sp³-hybridized carbons (Fsp3) is 0.538. The van der Waals surface area contributed by atoms with E-state index in [0.29, 0.717) is 5.92 Å². The molecule has 0 aliphatic heterocycles. The molecule has 0 fully saturated rings. The maximum Gasteiger partial charge on any atom is 0.311 e. The zero-order valence-corrected chi connectivity index (χ0v) is 11.1. The van der Waals surface area contributed by atoms with Crippen molar-refractivity contribution < 1.29 is 9.66 Å². The number of nitrogens with one attached hydrogen (secondary N) is 1. The number of nitrogens with zero attached hydrogens (tertiary/aromatic N) is 1. The molecule has 5 heteroatoms. The topological polar surface area (TPSA) is 64.4 Å². The lowest BCUT2D eigenvalue weighted by Crippen LogP contribution is -2.12. The molecule has 0 amide bonds. The van der Waals surface area contributed by atoms with Gasteiger partial charge in [0, 0.05) is 24.4 Å². The molecule has 1 aromatic rings. The minimum atomic E-state index is -0.441. The summed E-state index contributed by atoms with van der Waals surface area (Å²) in [6.07, 6.45) is 2.24. The Labute approximate surface area is 107 Å². The van der Waals surface area contributed by atoms with Crippen molar-refractivity contribution in [3.63, 3.8) is 0 Å². The number of hydrogen-bond acceptors (Lipinski definition) is 4. The van der Waals surface area contributed by atoms with Crippen LogP contribution in [0.25, 0.3) is 0 Å². The highest BCUT2D eigenvalue weighted by Gasteiger charge is 2.14. The van der Waals surface area contributed by atoms with Crippen molar-refractivity contribution >= 4 is 11.4 Å². The van der Waals surface area contributed by atoms with Crippen LogP contribution in [0.3, 0.4) is 0 Å². The second-order valence-electron chi connectivity index (χ2n) is 4.21. The number of benzene rings is 1. The van der Waals surface area contributed by atoms with Gasteiger partial charge in [0.2, 0.25) is 0 Å². The number of ether oxygens (including phenoxy) is 1. The van der Waals surface area contributed by atoms with E-state index < -0.39 is 4.92 Å². The predicted octanol–water partition coefficient (Wildman–Crippen LogP) is 3.45. The van der Waals surface area contributed by atoms with E-state index in [4.69, 9.17) is 4.74 Å². The fourth-order valence-corrected chi connectivity index (χ4v) is 1.78. The zero-order chi connectivity index (χ0) is 13.5. The van der Waals surface area contributed by atoms with Crippen LogP contribution in [0.15, 0.2) is 18.2 Å². The lowest BCUT2D eigenvalue weighted by atomic mass is 10.0. The highest BCUT2D eigenvalue weighted by molar-refractivity contribution is 5.57. The SMILES string of the molecule is CCC(CC)CNc1ccc([N+](=O)[O-])c(OC)c1. The van der Waals surface area contributed by atoms with Crippen LogP contribution in [0.4, 0.5) is 11.4 Å². The third-order valence-electron chi connectivity index (χ3n) is 3.13. The first-order valence-electron chi connectivity index (χ1n) is 6.18. The molecular formula is C13H20N2O3. The van der Waals surface area contributed by atoms with Crippen molar-refractivity contribution in [2.75, 3.05) is 19.0 Å². The molecule has 0 saturated heterocycles. The highest BCUT2D eigenvalue weighted by atomic mass is 16.6. The zero-order valence-electron chi connectivity index (χ0n) is 11.1. The Morgan fingerprint density at radius 2 is 2.06 bits per heavy atom. The van der Waals surface area contributed by atoms with Crippen molar-refractivity contribution in [3.05, 3.63) is 28.3 Å². The summed E-state index contributed by atoms with van der Waals surface area (Å²) < 4.78 is 5.03. The summed E-state index contributed by atoms with van der Waals surface area (Å²) in [5.41, 5.74) is 0.843. The minimum absolute atomic E-state index is 0.00872. The Balaban J connectivity index is 2.76. The molecule has 0 aromatic heterocycles. The number of anilines is 1. The van der Waals surface area contributed by atoms with Gasteiger partial charge in [-0.1, -0.05) is 26.7 Å². The van der Waals surface area contributed by atoms with Crippen molar-refractivity contribution in [1.29, 1.82) is 0 Å². The molecule has 1 rings (SSSR count). The van der Waals surface area contributed by atoms with Gasteiger partial charge < -0.3 is 10.1 Å². The van der Waals surface area contributed by atoms with Crippen LogP contribution in [-0.4, -0.2) is 18.6 Å². The van der Waals surface area contributed by atoms with Gasteiger partial charge in [0.25, 0.3) is 0 Å². The Bertz CT molecular complexity index is 403. The molecule has 1 aromatic carbocycles.